The third-order valence-corrected chi connectivity index (χ3v) is 4.21. The summed E-state index contributed by atoms with van der Waals surface area (Å²) in [5.41, 5.74) is 0.692. The van der Waals surface area contributed by atoms with Gasteiger partial charge >= 0.3 is 5.69 Å². The van der Waals surface area contributed by atoms with Crippen LogP contribution >= 0.6 is 0 Å². The fourth-order valence-electron chi connectivity index (χ4n) is 2.81. The van der Waals surface area contributed by atoms with Gasteiger partial charge in [-0.15, -0.1) is 0 Å². The Kier molecular flexibility index (Phi) is 4.69. The summed E-state index contributed by atoms with van der Waals surface area (Å²) in [4.78, 5) is 41.6. The van der Waals surface area contributed by atoms with E-state index >= 15 is 0 Å². The van der Waals surface area contributed by atoms with Crippen molar-refractivity contribution in [1.29, 1.82) is 0 Å². The zero-order valence-electron chi connectivity index (χ0n) is 13.7. The molecule has 25 heavy (non-hydrogen) atoms. The number of carbonyl (C=O) groups excluding carboxylic acids is 2. The van der Waals surface area contributed by atoms with Gasteiger partial charge < -0.3 is 20.2 Å². The Morgan fingerprint density at radius 3 is 2.60 bits per heavy atom. The Bertz CT molecular complexity index is 821. The number of amides is 2. The Balaban J connectivity index is 1.46. The molecule has 0 spiro atoms. The molecule has 1 atom stereocenters. The highest BCUT2D eigenvalue weighted by Gasteiger charge is 2.36. The minimum atomic E-state index is -0.437. The number of hydrogen-bond donors (Lipinski definition) is 3. The summed E-state index contributed by atoms with van der Waals surface area (Å²) in [6.45, 7) is 2.52. The molecule has 2 amide bonds. The number of nitrogens with one attached hydrogen (secondary N) is 3. The van der Waals surface area contributed by atoms with Crippen molar-refractivity contribution in [1.82, 2.24) is 20.2 Å². The molecular formula is C17H19FN4O3. The quantitative estimate of drug-likeness (QED) is 0.742. The van der Waals surface area contributed by atoms with Gasteiger partial charge in [-0.3, -0.25) is 9.59 Å². The monoisotopic (exact) mass is 346 g/mol. The molecule has 1 saturated heterocycles. The molecule has 1 aromatic heterocycles. The fraction of sp³-hybridized carbons (Fsp3) is 0.353. The SMILES string of the molecule is CC(Cc1ccc(F)cc1)NC(=O)C1CN(C(=O)c2c[nH]c(=O)[nH]2)C1. The normalized spacial score (nSPS) is 15.5. The van der Waals surface area contributed by atoms with E-state index in [2.05, 4.69) is 15.3 Å². The van der Waals surface area contributed by atoms with E-state index in [4.69, 9.17) is 0 Å². The molecule has 1 aliphatic rings. The van der Waals surface area contributed by atoms with Crippen LogP contribution in [0.15, 0.2) is 35.3 Å². The maximum absolute atomic E-state index is 12.9. The van der Waals surface area contributed by atoms with Crippen molar-refractivity contribution in [3.8, 4) is 0 Å². The van der Waals surface area contributed by atoms with Crippen molar-refractivity contribution in [2.75, 3.05) is 13.1 Å². The van der Waals surface area contributed by atoms with Gasteiger partial charge in [0.2, 0.25) is 5.91 Å². The second-order valence-electron chi connectivity index (χ2n) is 6.30. The minimum Gasteiger partial charge on any atom is -0.353 e. The number of imidazole rings is 1. The molecule has 3 rings (SSSR count). The van der Waals surface area contributed by atoms with E-state index in [1.54, 1.807) is 12.1 Å². The molecule has 3 N–H and O–H groups in total. The average molecular weight is 346 g/mol. The first-order chi connectivity index (χ1) is 11.9. The lowest BCUT2D eigenvalue weighted by molar-refractivity contribution is -0.129. The molecule has 0 aliphatic carbocycles. The standard InChI is InChI=1S/C17H19FN4O3/c1-10(6-11-2-4-13(18)5-3-11)20-15(23)12-8-22(9-12)16(24)14-7-19-17(25)21-14/h2-5,7,10,12H,6,8-9H2,1H3,(H,20,23)(H2,19,21,25). The summed E-state index contributed by atoms with van der Waals surface area (Å²) in [7, 11) is 0. The first-order valence-electron chi connectivity index (χ1n) is 8.04. The molecule has 2 aromatic rings. The molecule has 0 saturated carbocycles. The summed E-state index contributed by atoms with van der Waals surface area (Å²) in [5, 5.41) is 2.91. The van der Waals surface area contributed by atoms with Crippen LogP contribution in [0.2, 0.25) is 0 Å². The van der Waals surface area contributed by atoms with Gasteiger partial charge in [-0.2, -0.15) is 0 Å². The van der Waals surface area contributed by atoms with Crippen LogP contribution in [0.4, 0.5) is 4.39 Å². The molecule has 1 aromatic carbocycles. The van der Waals surface area contributed by atoms with Crippen LogP contribution in [0, 0.1) is 11.7 Å². The second-order valence-corrected chi connectivity index (χ2v) is 6.30. The van der Waals surface area contributed by atoms with Gasteiger partial charge in [-0.1, -0.05) is 12.1 Å². The third kappa shape index (κ3) is 3.96. The number of aromatic nitrogens is 2. The first-order valence-corrected chi connectivity index (χ1v) is 8.04. The summed E-state index contributed by atoms with van der Waals surface area (Å²) in [6.07, 6.45) is 1.93. The van der Waals surface area contributed by atoms with Crippen molar-refractivity contribution in [2.45, 2.75) is 19.4 Å². The first kappa shape index (κ1) is 16.9. The van der Waals surface area contributed by atoms with Gasteiger partial charge in [0.05, 0.1) is 5.92 Å². The van der Waals surface area contributed by atoms with E-state index in [1.807, 2.05) is 6.92 Å². The topological polar surface area (TPSA) is 98.1 Å². The number of H-pyrrole nitrogens is 2. The van der Waals surface area contributed by atoms with Gasteiger partial charge in [0, 0.05) is 25.3 Å². The molecule has 132 valence electrons. The Labute approximate surface area is 143 Å². The van der Waals surface area contributed by atoms with E-state index in [9.17, 15) is 18.8 Å². The van der Waals surface area contributed by atoms with Crippen molar-refractivity contribution in [3.05, 3.63) is 58.0 Å². The Hall–Kier alpha value is -2.90. The summed E-state index contributed by atoms with van der Waals surface area (Å²) in [6, 6.07) is 6.08. The van der Waals surface area contributed by atoms with Gasteiger partial charge in [0.1, 0.15) is 11.5 Å². The van der Waals surface area contributed by atoms with Crippen LogP contribution in [-0.2, 0) is 11.2 Å². The zero-order valence-corrected chi connectivity index (χ0v) is 13.7. The predicted octanol–water partition coefficient (Wildman–Crippen LogP) is 0.662. The molecule has 1 unspecified atom stereocenters. The summed E-state index contributed by atoms with van der Waals surface area (Å²) in [5.74, 6) is -0.961. The molecule has 2 heterocycles. The molecule has 8 heteroatoms. The number of likely N-dealkylation sites (tertiary alicyclic amines) is 1. The predicted molar refractivity (Wildman–Crippen MR) is 88.5 cm³/mol. The third-order valence-electron chi connectivity index (χ3n) is 4.21. The number of nitrogens with zero attached hydrogens (tertiary/aromatic N) is 1. The van der Waals surface area contributed by atoms with Crippen LogP contribution in [0.1, 0.15) is 23.0 Å². The molecule has 7 nitrogen and oxygen atoms in total. The zero-order chi connectivity index (χ0) is 18.0. The molecular weight excluding hydrogens is 327 g/mol. The number of halogens is 1. The number of rotatable bonds is 5. The Morgan fingerprint density at radius 1 is 1.32 bits per heavy atom. The maximum atomic E-state index is 12.9. The van der Waals surface area contributed by atoms with Crippen LogP contribution in [0.3, 0.4) is 0 Å². The van der Waals surface area contributed by atoms with Crippen molar-refractivity contribution < 1.29 is 14.0 Å². The van der Waals surface area contributed by atoms with Crippen LogP contribution in [0.5, 0.6) is 0 Å². The molecule has 1 fully saturated rings. The van der Waals surface area contributed by atoms with Crippen LogP contribution in [0.25, 0.3) is 0 Å². The van der Waals surface area contributed by atoms with E-state index in [0.29, 0.717) is 19.5 Å². The highest BCUT2D eigenvalue weighted by atomic mass is 19.1. The molecule has 0 radical (unpaired) electrons. The highest BCUT2D eigenvalue weighted by Crippen LogP contribution is 2.18. The molecule has 0 bridgehead atoms. The van der Waals surface area contributed by atoms with Crippen LogP contribution < -0.4 is 11.0 Å². The number of carbonyl (C=O) groups is 2. The van der Waals surface area contributed by atoms with Crippen molar-refractivity contribution in [3.63, 3.8) is 0 Å². The average Bonchev–Trinajstić information content (AvgIpc) is 2.94. The number of aromatic amines is 2. The lowest BCUT2D eigenvalue weighted by Gasteiger charge is -2.38. The fourth-order valence-corrected chi connectivity index (χ4v) is 2.81. The Morgan fingerprint density at radius 2 is 2.00 bits per heavy atom. The van der Waals surface area contributed by atoms with Crippen molar-refractivity contribution in [2.24, 2.45) is 5.92 Å². The smallest absolute Gasteiger partial charge is 0.323 e. The molecule has 1 aliphatic heterocycles. The van der Waals surface area contributed by atoms with Gasteiger partial charge in [0.15, 0.2) is 0 Å². The minimum absolute atomic E-state index is 0.0938. The summed E-state index contributed by atoms with van der Waals surface area (Å²) >= 11 is 0. The number of hydrogen-bond acceptors (Lipinski definition) is 3. The largest absolute Gasteiger partial charge is 0.353 e. The van der Waals surface area contributed by atoms with Crippen LogP contribution in [-0.4, -0.2) is 45.8 Å². The maximum Gasteiger partial charge on any atom is 0.323 e. The number of benzene rings is 1. The van der Waals surface area contributed by atoms with Gasteiger partial charge in [-0.25, -0.2) is 9.18 Å². The lowest BCUT2D eigenvalue weighted by atomic mass is 9.97. The highest BCUT2D eigenvalue weighted by molar-refractivity contribution is 5.94. The second kappa shape index (κ2) is 6.92. The van der Waals surface area contributed by atoms with E-state index < -0.39 is 5.69 Å². The van der Waals surface area contributed by atoms with Gasteiger partial charge in [0.25, 0.3) is 5.91 Å². The van der Waals surface area contributed by atoms with E-state index in [-0.39, 0.29) is 35.3 Å². The lowest BCUT2D eigenvalue weighted by Crippen LogP contribution is -2.56. The summed E-state index contributed by atoms with van der Waals surface area (Å²) < 4.78 is 12.9. The van der Waals surface area contributed by atoms with Crippen molar-refractivity contribution >= 4 is 11.8 Å². The van der Waals surface area contributed by atoms with E-state index in [1.165, 1.54) is 23.2 Å². The van der Waals surface area contributed by atoms with Gasteiger partial charge in [-0.05, 0) is 31.0 Å². The van der Waals surface area contributed by atoms with E-state index in [0.717, 1.165) is 5.56 Å².